The maximum Gasteiger partial charge on any atom is 0.315 e. The summed E-state index contributed by atoms with van der Waals surface area (Å²) in [5, 5.41) is 6.23. The number of likely N-dealkylation sites (tertiary alicyclic amines) is 1. The van der Waals surface area contributed by atoms with Crippen LogP contribution in [-0.4, -0.2) is 56.6 Å². The van der Waals surface area contributed by atoms with Crippen LogP contribution in [0.15, 0.2) is 78.3 Å². The SMILES string of the molecule is C=CCNC(=O)NC1CN(C(=O)c2ccc(NS(O)(O)c3cccc4cccnc34)cc2)C1. The van der Waals surface area contributed by atoms with Gasteiger partial charge in [0.25, 0.3) is 5.91 Å². The van der Waals surface area contributed by atoms with Gasteiger partial charge in [-0.15, -0.1) is 6.58 Å². The van der Waals surface area contributed by atoms with Crippen molar-refractivity contribution in [3.63, 3.8) is 0 Å². The summed E-state index contributed by atoms with van der Waals surface area (Å²) < 4.78 is 24.3. The minimum Gasteiger partial charge on any atom is -0.335 e. The Kier molecular flexibility index (Phi) is 6.50. The first-order valence-electron chi connectivity index (χ1n) is 10.3. The van der Waals surface area contributed by atoms with Gasteiger partial charge in [-0.3, -0.25) is 23.6 Å². The van der Waals surface area contributed by atoms with Crippen LogP contribution in [0, 0.1) is 0 Å². The Morgan fingerprint density at radius 2 is 1.85 bits per heavy atom. The number of nitrogens with zero attached hydrogens (tertiary/aromatic N) is 2. The number of nitrogens with one attached hydrogen (secondary N) is 3. The van der Waals surface area contributed by atoms with Crippen molar-refractivity contribution >= 4 is 39.3 Å². The number of rotatable bonds is 7. The van der Waals surface area contributed by atoms with Gasteiger partial charge < -0.3 is 15.5 Å². The van der Waals surface area contributed by atoms with Crippen molar-refractivity contribution in [2.24, 2.45) is 0 Å². The Morgan fingerprint density at radius 3 is 2.58 bits per heavy atom. The lowest BCUT2D eigenvalue weighted by Crippen LogP contribution is -2.62. The van der Waals surface area contributed by atoms with Crippen molar-refractivity contribution in [3.8, 4) is 0 Å². The summed E-state index contributed by atoms with van der Waals surface area (Å²) in [6, 6.07) is 15.0. The van der Waals surface area contributed by atoms with E-state index >= 15 is 0 Å². The molecule has 172 valence electrons. The van der Waals surface area contributed by atoms with Gasteiger partial charge in [0, 0.05) is 36.8 Å². The second-order valence-corrected chi connectivity index (χ2v) is 9.35. The summed E-state index contributed by atoms with van der Waals surface area (Å²) in [5.74, 6) is -0.157. The van der Waals surface area contributed by atoms with Crippen molar-refractivity contribution in [3.05, 3.63) is 79.0 Å². The summed E-state index contributed by atoms with van der Waals surface area (Å²) in [7, 11) is -3.37. The smallest absolute Gasteiger partial charge is 0.315 e. The van der Waals surface area contributed by atoms with Crippen LogP contribution in [0.1, 0.15) is 10.4 Å². The molecule has 2 aromatic carbocycles. The standard InChI is InChI=1S/C23H25N5O4S/c1-2-12-25-23(30)26-19-14-28(15-19)22(29)17-8-10-18(11-9-17)27-33(31,32)20-7-3-5-16-6-4-13-24-21(16)20/h2-11,13,19,27,31-32H,1,12,14-15H2,(H2,25,26,30). The highest BCUT2D eigenvalue weighted by Gasteiger charge is 2.32. The fourth-order valence-electron chi connectivity index (χ4n) is 3.53. The molecular formula is C23H25N5O4S. The van der Waals surface area contributed by atoms with Gasteiger partial charge in [-0.05, 0) is 36.4 Å². The average Bonchev–Trinajstić information content (AvgIpc) is 2.79. The molecule has 0 bridgehead atoms. The molecule has 1 aromatic heterocycles. The largest absolute Gasteiger partial charge is 0.335 e. The quantitative estimate of drug-likeness (QED) is 0.338. The van der Waals surface area contributed by atoms with E-state index in [1.54, 1.807) is 59.6 Å². The summed E-state index contributed by atoms with van der Waals surface area (Å²) in [6.45, 7) is 4.77. The molecule has 0 unspecified atom stereocenters. The third-order valence-corrected chi connectivity index (χ3v) is 6.67. The van der Waals surface area contributed by atoms with E-state index in [2.05, 4.69) is 26.9 Å². The van der Waals surface area contributed by atoms with Crippen molar-refractivity contribution in [2.75, 3.05) is 24.4 Å². The second kappa shape index (κ2) is 9.49. The summed E-state index contributed by atoms with van der Waals surface area (Å²) in [6.07, 6.45) is 3.19. The predicted molar refractivity (Wildman–Crippen MR) is 129 cm³/mol. The number of benzene rings is 2. The van der Waals surface area contributed by atoms with E-state index in [1.807, 2.05) is 12.1 Å². The number of para-hydroxylation sites is 1. The van der Waals surface area contributed by atoms with Crippen LogP contribution in [0.4, 0.5) is 10.5 Å². The minimum atomic E-state index is -3.37. The molecule has 0 radical (unpaired) electrons. The van der Waals surface area contributed by atoms with E-state index < -0.39 is 10.8 Å². The van der Waals surface area contributed by atoms with Crippen LogP contribution in [0.3, 0.4) is 0 Å². The zero-order valence-electron chi connectivity index (χ0n) is 17.8. The number of pyridine rings is 1. The summed E-state index contributed by atoms with van der Waals surface area (Å²) in [4.78, 5) is 30.5. The van der Waals surface area contributed by atoms with E-state index in [0.29, 0.717) is 41.3 Å². The number of fused-ring (bicyclic) bond motifs is 1. The number of aromatic nitrogens is 1. The first kappa shape index (κ1) is 22.6. The molecule has 10 heteroatoms. The van der Waals surface area contributed by atoms with E-state index in [-0.39, 0.29) is 18.0 Å². The highest BCUT2D eigenvalue weighted by molar-refractivity contribution is 8.25. The van der Waals surface area contributed by atoms with E-state index in [9.17, 15) is 18.7 Å². The maximum atomic E-state index is 12.7. The van der Waals surface area contributed by atoms with Crippen molar-refractivity contribution in [1.82, 2.24) is 20.5 Å². The molecule has 0 spiro atoms. The normalized spacial score (nSPS) is 14.3. The lowest BCUT2D eigenvalue weighted by atomic mass is 10.1. The van der Waals surface area contributed by atoms with Gasteiger partial charge >= 0.3 is 6.03 Å². The maximum absolute atomic E-state index is 12.7. The minimum absolute atomic E-state index is 0.0954. The van der Waals surface area contributed by atoms with Crippen LogP contribution >= 0.6 is 10.8 Å². The molecule has 0 atom stereocenters. The van der Waals surface area contributed by atoms with Crippen LogP contribution in [0.25, 0.3) is 10.9 Å². The fraction of sp³-hybridized carbons (Fsp3) is 0.174. The third-order valence-electron chi connectivity index (χ3n) is 5.21. The molecule has 1 aliphatic heterocycles. The molecule has 9 nitrogen and oxygen atoms in total. The lowest BCUT2D eigenvalue weighted by Gasteiger charge is -2.39. The Bertz CT molecular complexity index is 1170. The monoisotopic (exact) mass is 467 g/mol. The molecule has 1 fully saturated rings. The van der Waals surface area contributed by atoms with Gasteiger partial charge in [0.1, 0.15) is 4.90 Å². The first-order valence-corrected chi connectivity index (χ1v) is 11.9. The number of amides is 3. The van der Waals surface area contributed by atoms with Gasteiger partial charge in [-0.25, -0.2) is 4.79 Å². The van der Waals surface area contributed by atoms with Gasteiger partial charge in [0.2, 0.25) is 0 Å². The van der Waals surface area contributed by atoms with Gasteiger partial charge in [0.15, 0.2) is 0 Å². The number of carbonyl (C=O) groups is 2. The van der Waals surface area contributed by atoms with Crippen LogP contribution in [0.2, 0.25) is 0 Å². The molecule has 3 amide bonds. The Labute approximate surface area is 193 Å². The van der Waals surface area contributed by atoms with Gasteiger partial charge in [-0.1, -0.05) is 35.1 Å². The topological polar surface area (TPSA) is 127 Å². The number of anilines is 1. The zero-order valence-corrected chi connectivity index (χ0v) is 18.6. The molecule has 1 aliphatic rings. The average molecular weight is 468 g/mol. The molecule has 1 saturated heterocycles. The van der Waals surface area contributed by atoms with E-state index in [1.165, 1.54) is 0 Å². The van der Waals surface area contributed by atoms with Crippen molar-refractivity contribution in [1.29, 1.82) is 0 Å². The van der Waals surface area contributed by atoms with E-state index in [0.717, 1.165) is 5.39 Å². The van der Waals surface area contributed by atoms with Crippen LogP contribution in [-0.2, 0) is 0 Å². The van der Waals surface area contributed by atoms with Gasteiger partial charge in [0.05, 0.1) is 17.2 Å². The van der Waals surface area contributed by atoms with E-state index in [4.69, 9.17) is 0 Å². The zero-order chi connectivity index (χ0) is 23.4. The Hall–Kier alpha value is -3.60. The molecule has 4 rings (SSSR count). The lowest BCUT2D eigenvalue weighted by molar-refractivity contribution is 0.0577. The summed E-state index contributed by atoms with van der Waals surface area (Å²) in [5.41, 5.74) is 1.44. The predicted octanol–water partition coefficient (Wildman–Crippen LogP) is 3.68. The molecule has 33 heavy (non-hydrogen) atoms. The van der Waals surface area contributed by atoms with Crippen molar-refractivity contribution in [2.45, 2.75) is 10.9 Å². The molecular weight excluding hydrogens is 442 g/mol. The first-order chi connectivity index (χ1) is 15.9. The number of hydrogen-bond acceptors (Lipinski definition) is 6. The fourth-order valence-corrected chi connectivity index (χ4v) is 4.81. The van der Waals surface area contributed by atoms with Gasteiger partial charge in [-0.2, -0.15) is 0 Å². The number of carbonyl (C=O) groups excluding carboxylic acids is 2. The molecule has 0 saturated carbocycles. The Balaban J connectivity index is 1.37. The second-order valence-electron chi connectivity index (χ2n) is 7.61. The summed E-state index contributed by atoms with van der Waals surface area (Å²) >= 11 is 0. The highest BCUT2D eigenvalue weighted by atomic mass is 32.3. The Morgan fingerprint density at radius 1 is 1.12 bits per heavy atom. The molecule has 0 aliphatic carbocycles. The highest BCUT2D eigenvalue weighted by Crippen LogP contribution is 2.50. The van der Waals surface area contributed by atoms with Crippen LogP contribution in [0.5, 0.6) is 0 Å². The molecule has 2 heterocycles. The van der Waals surface area contributed by atoms with Crippen LogP contribution < -0.4 is 15.4 Å². The number of hydrogen-bond donors (Lipinski definition) is 5. The molecule has 5 N–H and O–H groups in total. The third kappa shape index (κ3) is 5.08. The number of urea groups is 1. The molecule has 3 aromatic rings. The van der Waals surface area contributed by atoms with Crippen molar-refractivity contribution < 1.29 is 18.7 Å².